The van der Waals surface area contributed by atoms with Gasteiger partial charge in [-0.15, -0.1) is 0 Å². The first kappa shape index (κ1) is 42.8. The number of nitrogens with one attached hydrogen (secondary N) is 3. The average molecular weight is 804 g/mol. The largest absolute Gasteiger partial charge is 0.485 e. The Hall–Kier alpha value is -7.35. The summed E-state index contributed by atoms with van der Waals surface area (Å²) in [6.45, 7) is 1.65. The summed E-state index contributed by atoms with van der Waals surface area (Å²) in [6, 6.07) is 35.3. The number of hydrogen-bond donors (Lipinski definition) is 3. The minimum absolute atomic E-state index is 0.0367. The molecule has 3 amide bonds. The maximum atomic E-state index is 14.1. The standard InChI is InChI=1S/C45H45N3O11/c1-30(49)58-39-22-20-35(26-41(39)59-44(52)46-2)24-37(43(51)54-3)47-42(50)36(48-45(53)57-29-33-17-11-6-12-18-33)23-34-19-21-38(55-27-31-13-7-4-8-14-31)40(25-34)56-28-32-15-9-5-10-16-32/h4-22,25-26,36-37H,23-24,27-29H2,1-3H3,(H,46,52)(H,47,50)(H,48,53). The van der Waals surface area contributed by atoms with E-state index in [4.69, 9.17) is 28.4 Å². The summed E-state index contributed by atoms with van der Waals surface area (Å²) < 4.78 is 33.4. The van der Waals surface area contributed by atoms with Crippen molar-refractivity contribution in [3.8, 4) is 23.0 Å². The molecule has 0 fully saturated rings. The molecule has 14 heteroatoms. The van der Waals surface area contributed by atoms with Gasteiger partial charge in [0.05, 0.1) is 7.11 Å². The zero-order valence-electron chi connectivity index (χ0n) is 32.8. The van der Waals surface area contributed by atoms with Crippen molar-refractivity contribution >= 4 is 30.0 Å². The van der Waals surface area contributed by atoms with Crippen LogP contribution in [0.2, 0.25) is 0 Å². The minimum atomic E-state index is -1.27. The van der Waals surface area contributed by atoms with Crippen LogP contribution in [0.3, 0.4) is 0 Å². The summed E-state index contributed by atoms with van der Waals surface area (Å²) in [5.41, 5.74) is 3.62. The fraction of sp³-hybridized carbons (Fsp3) is 0.222. The van der Waals surface area contributed by atoms with Crippen molar-refractivity contribution < 1.29 is 52.4 Å². The molecule has 0 aliphatic rings. The molecule has 0 saturated heterocycles. The van der Waals surface area contributed by atoms with Gasteiger partial charge in [0.1, 0.15) is 31.9 Å². The zero-order chi connectivity index (χ0) is 42.0. The van der Waals surface area contributed by atoms with E-state index in [0.29, 0.717) is 22.6 Å². The molecular formula is C45H45N3O11. The van der Waals surface area contributed by atoms with Crippen molar-refractivity contribution in [1.82, 2.24) is 16.0 Å². The van der Waals surface area contributed by atoms with Crippen LogP contribution in [-0.2, 0) is 56.5 Å². The number of alkyl carbamates (subject to hydrolysis) is 1. The number of carbonyl (C=O) groups excluding carboxylic acids is 5. The molecule has 14 nitrogen and oxygen atoms in total. The first-order chi connectivity index (χ1) is 28.6. The van der Waals surface area contributed by atoms with Gasteiger partial charge in [-0.25, -0.2) is 14.4 Å². The Labute approximate surface area is 341 Å². The van der Waals surface area contributed by atoms with E-state index in [1.54, 1.807) is 30.3 Å². The predicted molar refractivity (Wildman–Crippen MR) is 216 cm³/mol. The molecule has 59 heavy (non-hydrogen) atoms. The third kappa shape index (κ3) is 13.7. The topological polar surface area (TPSA) is 177 Å². The fourth-order valence-electron chi connectivity index (χ4n) is 5.73. The van der Waals surface area contributed by atoms with Gasteiger partial charge in [0.2, 0.25) is 5.91 Å². The average Bonchev–Trinajstić information content (AvgIpc) is 3.25. The first-order valence-electron chi connectivity index (χ1n) is 18.6. The van der Waals surface area contributed by atoms with E-state index in [2.05, 4.69) is 16.0 Å². The molecule has 0 aliphatic heterocycles. The van der Waals surface area contributed by atoms with E-state index < -0.39 is 42.1 Å². The number of methoxy groups -OCH3 is 1. The van der Waals surface area contributed by atoms with E-state index in [9.17, 15) is 24.0 Å². The number of rotatable bonds is 18. The predicted octanol–water partition coefficient (Wildman–Crippen LogP) is 6.23. The van der Waals surface area contributed by atoms with Gasteiger partial charge in [-0.05, 0) is 52.1 Å². The zero-order valence-corrected chi connectivity index (χ0v) is 32.8. The lowest BCUT2D eigenvalue weighted by atomic mass is 10.0. The number of amides is 3. The van der Waals surface area contributed by atoms with Crippen molar-refractivity contribution in [3.05, 3.63) is 155 Å². The Kier molecular flexibility index (Phi) is 15.8. The Morgan fingerprint density at radius 3 is 1.58 bits per heavy atom. The minimum Gasteiger partial charge on any atom is -0.485 e. The molecule has 3 N–H and O–H groups in total. The van der Waals surface area contributed by atoms with Gasteiger partial charge in [0, 0.05) is 26.8 Å². The normalized spacial score (nSPS) is 11.5. The van der Waals surface area contributed by atoms with Crippen LogP contribution >= 0.6 is 0 Å². The van der Waals surface area contributed by atoms with Crippen LogP contribution in [-0.4, -0.2) is 56.3 Å². The van der Waals surface area contributed by atoms with E-state index in [-0.39, 0.29) is 44.2 Å². The number of ether oxygens (including phenoxy) is 6. The lowest BCUT2D eigenvalue weighted by Crippen LogP contribution is -2.53. The van der Waals surface area contributed by atoms with Crippen molar-refractivity contribution in [2.75, 3.05) is 14.2 Å². The summed E-state index contributed by atoms with van der Waals surface area (Å²) >= 11 is 0. The van der Waals surface area contributed by atoms with Crippen LogP contribution in [0.4, 0.5) is 9.59 Å². The Morgan fingerprint density at radius 2 is 1.03 bits per heavy atom. The highest BCUT2D eigenvalue weighted by Gasteiger charge is 2.29. The molecule has 0 spiro atoms. The molecule has 5 aromatic rings. The van der Waals surface area contributed by atoms with Gasteiger partial charge in [0.15, 0.2) is 23.0 Å². The van der Waals surface area contributed by atoms with Crippen molar-refractivity contribution in [1.29, 1.82) is 0 Å². The maximum absolute atomic E-state index is 14.1. The third-order valence-electron chi connectivity index (χ3n) is 8.65. The highest BCUT2D eigenvalue weighted by Crippen LogP contribution is 2.32. The molecular weight excluding hydrogens is 759 g/mol. The Morgan fingerprint density at radius 1 is 0.525 bits per heavy atom. The maximum Gasteiger partial charge on any atom is 0.412 e. The SMILES string of the molecule is CNC(=O)Oc1cc(CC(NC(=O)C(Cc2ccc(OCc3ccccc3)c(OCc3ccccc3)c2)NC(=O)OCc2ccccc2)C(=O)OC)ccc1OC(C)=O. The summed E-state index contributed by atoms with van der Waals surface area (Å²) in [5.74, 6) is -1.43. The van der Waals surface area contributed by atoms with Crippen molar-refractivity contribution in [2.24, 2.45) is 0 Å². The highest BCUT2D eigenvalue weighted by atomic mass is 16.6. The molecule has 0 aromatic heterocycles. The van der Waals surface area contributed by atoms with E-state index >= 15 is 0 Å². The van der Waals surface area contributed by atoms with Crippen LogP contribution < -0.4 is 34.9 Å². The van der Waals surface area contributed by atoms with Gasteiger partial charge in [0.25, 0.3) is 0 Å². The van der Waals surface area contributed by atoms with Gasteiger partial charge >= 0.3 is 24.1 Å². The van der Waals surface area contributed by atoms with Gasteiger partial charge < -0.3 is 44.4 Å². The number of hydrogen-bond acceptors (Lipinski definition) is 11. The molecule has 2 unspecified atom stereocenters. The molecule has 0 radical (unpaired) electrons. The fourth-order valence-corrected chi connectivity index (χ4v) is 5.73. The monoisotopic (exact) mass is 803 g/mol. The second-order valence-corrected chi connectivity index (χ2v) is 13.1. The lowest BCUT2D eigenvalue weighted by Gasteiger charge is -2.23. The summed E-state index contributed by atoms with van der Waals surface area (Å²) in [4.78, 5) is 64.2. The molecule has 0 bridgehead atoms. The molecule has 2 atom stereocenters. The summed E-state index contributed by atoms with van der Waals surface area (Å²) in [6.07, 6.45) is -1.89. The highest BCUT2D eigenvalue weighted by molar-refractivity contribution is 5.90. The number of carbonyl (C=O) groups is 5. The number of esters is 2. The second-order valence-electron chi connectivity index (χ2n) is 13.1. The molecule has 5 aromatic carbocycles. The van der Waals surface area contributed by atoms with Crippen LogP contribution in [0.25, 0.3) is 0 Å². The molecule has 0 aliphatic carbocycles. The molecule has 0 saturated carbocycles. The first-order valence-corrected chi connectivity index (χ1v) is 18.6. The van der Waals surface area contributed by atoms with Crippen molar-refractivity contribution in [3.63, 3.8) is 0 Å². The van der Waals surface area contributed by atoms with Crippen LogP contribution in [0.1, 0.15) is 34.7 Å². The van der Waals surface area contributed by atoms with Crippen LogP contribution in [0.5, 0.6) is 23.0 Å². The van der Waals surface area contributed by atoms with Gasteiger partial charge in [-0.2, -0.15) is 0 Å². The summed E-state index contributed by atoms with van der Waals surface area (Å²) in [7, 11) is 2.52. The van der Waals surface area contributed by atoms with Crippen LogP contribution in [0, 0.1) is 0 Å². The Bertz CT molecular complexity index is 2180. The quantitative estimate of drug-likeness (QED) is 0.0677. The van der Waals surface area contributed by atoms with Gasteiger partial charge in [-0.3, -0.25) is 9.59 Å². The van der Waals surface area contributed by atoms with Crippen LogP contribution in [0.15, 0.2) is 127 Å². The van der Waals surface area contributed by atoms with E-state index in [0.717, 1.165) is 16.7 Å². The lowest BCUT2D eigenvalue weighted by molar-refractivity contribution is -0.145. The Balaban J connectivity index is 1.40. The molecule has 5 rings (SSSR count). The number of benzene rings is 5. The van der Waals surface area contributed by atoms with Gasteiger partial charge in [-0.1, -0.05) is 103 Å². The smallest absolute Gasteiger partial charge is 0.412 e. The molecule has 0 heterocycles. The summed E-state index contributed by atoms with van der Waals surface area (Å²) in [5, 5.41) is 7.67. The van der Waals surface area contributed by atoms with Crippen molar-refractivity contribution in [2.45, 2.75) is 51.7 Å². The van der Waals surface area contributed by atoms with E-state index in [1.165, 1.54) is 39.3 Å². The molecule has 306 valence electrons. The third-order valence-corrected chi connectivity index (χ3v) is 8.65. The second kappa shape index (κ2) is 21.8. The van der Waals surface area contributed by atoms with E-state index in [1.807, 2.05) is 78.9 Å².